The molecular formula is C23H30N4OS. The number of nitrogens with one attached hydrogen (secondary N) is 1. The third-order valence-electron chi connectivity index (χ3n) is 5.84. The van der Waals surface area contributed by atoms with E-state index in [0.29, 0.717) is 18.3 Å². The predicted octanol–water partition coefficient (Wildman–Crippen LogP) is 2.95. The number of rotatable bonds is 7. The van der Waals surface area contributed by atoms with Gasteiger partial charge in [0.1, 0.15) is 0 Å². The molecule has 2 aromatic rings. The predicted molar refractivity (Wildman–Crippen MR) is 120 cm³/mol. The molecule has 0 saturated carbocycles. The summed E-state index contributed by atoms with van der Waals surface area (Å²) in [5, 5.41) is 8.45. The summed E-state index contributed by atoms with van der Waals surface area (Å²) >= 11 is 1.92. The zero-order chi connectivity index (χ0) is 20.1. The Morgan fingerprint density at radius 2 is 2.07 bits per heavy atom. The zero-order valence-corrected chi connectivity index (χ0v) is 17.8. The standard InChI is InChI=1S/C23H30N4OS/c1-2-12-27-21-9-8-19(24-11-10-18-6-4-3-5-7-18)17-20(21)22(25-27)23(28)26-13-15-29-16-14-26/h2-7,19,24H,1,8-17H2. The highest BCUT2D eigenvalue weighted by Gasteiger charge is 2.31. The van der Waals surface area contributed by atoms with Crippen LogP contribution in [0.15, 0.2) is 43.0 Å². The second kappa shape index (κ2) is 9.63. The molecule has 29 heavy (non-hydrogen) atoms. The van der Waals surface area contributed by atoms with Crippen LogP contribution < -0.4 is 5.32 Å². The van der Waals surface area contributed by atoms with Gasteiger partial charge in [-0.05, 0) is 37.8 Å². The van der Waals surface area contributed by atoms with Gasteiger partial charge in [0, 0.05) is 41.9 Å². The van der Waals surface area contributed by atoms with E-state index in [4.69, 9.17) is 5.10 Å². The van der Waals surface area contributed by atoms with Gasteiger partial charge in [-0.25, -0.2) is 0 Å². The van der Waals surface area contributed by atoms with E-state index in [0.717, 1.165) is 62.4 Å². The lowest BCUT2D eigenvalue weighted by Crippen LogP contribution is -2.40. The normalized spacial score (nSPS) is 19.0. The molecule has 1 N–H and O–H groups in total. The van der Waals surface area contributed by atoms with Gasteiger partial charge in [-0.1, -0.05) is 36.4 Å². The molecule has 0 spiro atoms. The van der Waals surface area contributed by atoms with Crippen LogP contribution >= 0.6 is 11.8 Å². The summed E-state index contributed by atoms with van der Waals surface area (Å²) in [5.41, 5.74) is 4.40. The lowest BCUT2D eigenvalue weighted by molar-refractivity contribution is 0.0764. The molecule has 1 saturated heterocycles. The average Bonchev–Trinajstić information content (AvgIpc) is 3.13. The van der Waals surface area contributed by atoms with Crippen molar-refractivity contribution in [3.05, 3.63) is 65.5 Å². The molecule has 1 fully saturated rings. The van der Waals surface area contributed by atoms with E-state index in [-0.39, 0.29) is 5.91 Å². The number of aromatic nitrogens is 2. The molecule has 154 valence electrons. The average molecular weight is 411 g/mol. The molecule has 4 rings (SSSR count). The minimum Gasteiger partial charge on any atom is -0.336 e. The molecule has 1 aliphatic heterocycles. The Hall–Kier alpha value is -2.05. The fraction of sp³-hybridized carbons (Fsp3) is 0.478. The monoisotopic (exact) mass is 410 g/mol. The molecule has 1 amide bonds. The quantitative estimate of drug-likeness (QED) is 0.713. The van der Waals surface area contributed by atoms with Gasteiger partial charge in [0.15, 0.2) is 5.69 Å². The molecule has 1 atom stereocenters. The number of hydrogen-bond acceptors (Lipinski definition) is 4. The minimum absolute atomic E-state index is 0.106. The van der Waals surface area contributed by atoms with Crippen molar-refractivity contribution in [1.82, 2.24) is 20.0 Å². The van der Waals surface area contributed by atoms with Crippen molar-refractivity contribution in [3.8, 4) is 0 Å². The Morgan fingerprint density at radius 1 is 1.28 bits per heavy atom. The van der Waals surface area contributed by atoms with Gasteiger partial charge in [0.2, 0.25) is 0 Å². The molecule has 6 heteroatoms. The molecular weight excluding hydrogens is 380 g/mol. The number of thioether (sulfide) groups is 1. The first-order valence-corrected chi connectivity index (χ1v) is 11.8. The maximum absolute atomic E-state index is 13.2. The van der Waals surface area contributed by atoms with Crippen LogP contribution in [0.5, 0.6) is 0 Å². The summed E-state index contributed by atoms with van der Waals surface area (Å²) in [7, 11) is 0. The van der Waals surface area contributed by atoms with Crippen LogP contribution in [0.2, 0.25) is 0 Å². The highest BCUT2D eigenvalue weighted by molar-refractivity contribution is 7.99. The molecule has 1 aromatic heterocycles. The van der Waals surface area contributed by atoms with Gasteiger partial charge in [-0.15, -0.1) is 6.58 Å². The summed E-state index contributed by atoms with van der Waals surface area (Å²) in [5.74, 6) is 2.14. The lowest BCUT2D eigenvalue weighted by atomic mass is 9.91. The van der Waals surface area contributed by atoms with Crippen LogP contribution in [0.25, 0.3) is 0 Å². The van der Waals surface area contributed by atoms with Crippen LogP contribution in [0.3, 0.4) is 0 Å². The molecule has 2 heterocycles. The first kappa shape index (κ1) is 20.2. The van der Waals surface area contributed by atoms with Gasteiger partial charge in [-0.3, -0.25) is 9.48 Å². The van der Waals surface area contributed by atoms with E-state index in [9.17, 15) is 4.79 Å². The topological polar surface area (TPSA) is 50.2 Å². The Bertz CT molecular complexity index is 842. The number of fused-ring (bicyclic) bond motifs is 1. The van der Waals surface area contributed by atoms with Gasteiger partial charge in [0.05, 0.1) is 6.54 Å². The van der Waals surface area contributed by atoms with E-state index < -0.39 is 0 Å². The van der Waals surface area contributed by atoms with Crippen LogP contribution in [0.1, 0.15) is 33.7 Å². The first-order chi connectivity index (χ1) is 14.3. The molecule has 2 aliphatic rings. The maximum atomic E-state index is 13.2. The Kier molecular flexibility index (Phi) is 6.72. The van der Waals surface area contributed by atoms with Crippen LogP contribution in [0.4, 0.5) is 0 Å². The number of allylic oxidation sites excluding steroid dienone is 1. The van der Waals surface area contributed by atoms with E-state index in [1.54, 1.807) is 0 Å². The fourth-order valence-electron chi connectivity index (χ4n) is 4.29. The molecule has 1 aliphatic carbocycles. The summed E-state index contributed by atoms with van der Waals surface area (Å²) in [6.45, 7) is 7.13. The Morgan fingerprint density at radius 3 is 2.83 bits per heavy atom. The third kappa shape index (κ3) is 4.75. The number of hydrogen-bond donors (Lipinski definition) is 1. The van der Waals surface area contributed by atoms with Crippen molar-refractivity contribution in [2.75, 3.05) is 31.1 Å². The smallest absolute Gasteiger partial charge is 0.274 e. The summed E-state index contributed by atoms with van der Waals surface area (Å²) in [4.78, 5) is 15.2. The van der Waals surface area contributed by atoms with Gasteiger partial charge in [0.25, 0.3) is 5.91 Å². The van der Waals surface area contributed by atoms with Crippen molar-refractivity contribution in [1.29, 1.82) is 0 Å². The van der Waals surface area contributed by atoms with Gasteiger partial charge >= 0.3 is 0 Å². The molecule has 0 radical (unpaired) electrons. The van der Waals surface area contributed by atoms with E-state index in [1.165, 1.54) is 11.3 Å². The number of carbonyl (C=O) groups excluding carboxylic acids is 1. The second-order valence-corrected chi connectivity index (χ2v) is 9.00. The number of amides is 1. The maximum Gasteiger partial charge on any atom is 0.274 e. The van der Waals surface area contributed by atoms with Crippen molar-refractivity contribution >= 4 is 17.7 Å². The van der Waals surface area contributed by atoms with E-state index in [2.05, 4.69) is 42.2 Å². The molecule has 0 bridgehead atoms. The van der Waals surface area contributed by atoms with Crippen LogP contribution in [0, 0.1) is 0 Å². The highest BCUT2D eigenvalue weighted by Crippen LogP contribution is 2.27. The lowest BCUT2D eigenvalue weighted by Gasteiger charge is -2.27. The first-order valence-electron chi connectivity index (χ1n) is 10.6. The molecule has 1 aromatic carbocycles. The fourth-order valence-corrected chi connectivity index (χ4v) is 5.19. The van der Waals surface area contributed by atoms with Gasteiger partial charge < -0.3 is 10.2 Å². The van der Waals surface area contributed by atoms with Crippen molar-refractivity contribution in [2.45, 2.75) is 38.3 Å². The largest absolute Gasteiger partial charge is 0.336 e. The molecule has 5 nitrogen and oxygen atoms in total. The third-order valence-corrected chi connectivity index (χ3v) is 6.78. The molecule has 1 unspecified atom stereocenters. The van der Waals surface area contributed by atoms with Crippen molar-refractivity contribution in [3.63, 3.8) is 0 Å². The second-order valence-electron chi connectivity index (χ2n) is 7.78. The van der Waals surface area contributed by atoms with E-state index >= 15 is 0 Å². The summed E-state index contributed by atoms with van der Waals surface area (Å²) in [6.07, 6.45) is 5.81. The van der Waals surface area contributed by atoms with Crippen LogP contribution in [-0.2, 0) is 25.8 Å². The Labute approximate surface area is 177 Å². The summed E-state index contributed by atoms with van der Waals surface area (Å²) < 4.78 is 1.99. The van der Waals surface area contributed by atoms with E-state index in [1.807, 2.05) is 27.4 Å². The highest BCUT2D eigenvalue weighted by atomic mass is 32.2. The number of benzene rings is 1. The number of nitrogens with zero attached hydrogens (tertiary/aromatic N) is 3. The number of carbonyl (C=O) groups is 1. The van der Waals surface area contributed by atoms with Gasteiger partial charge in [-0.2, -0.15) is 16.9 Å². The minimum atomic E-state index is 0.106. The zero-order valence-electron chi connectivity index (χ0n) is 17.0. The van der Waals surface area contributed by atoms with Crippen LogP contribution in [-0.4, -0.2) is 57.8 Å². The Balaban J connectivity index is 1.46. The van der Waals surface area contributed by atoms with Crippen molar-refractivity contribution in [2.24, 2.45) is 0 Å². The SMILES string of the molecule is C=CCn1nc(C(=O)N2CCSCC2)c2c1CCC(NCCc1ccccc1)C2. The van der Waals surface area contributed by atoms with Crippen molar-refractivity contribution < 1.29 is 4.79 Å². The summed E-state index contributed by atoms with van der Waals surface area (Å²) in [6, 6.07) is 11.0.